The molecule has 0 aliphatic carbocycles. The Morgan fingerprint density at radius 3 is 2.47 bits per heavy atom. The standard InChI is InChI=1S/C12H13BrN2O4/c13-8-4-2-1-3-7(8)11(17)15-9(12(18)19)5-6-10(14)16/h1-4,9H,5-6H2,(H2,14,16)(H,15,17)(H,18,19)/t9-/m1/s1. The van der Waals surface area contributed by atoms with Crippen LogP contribution in [0, 0.1) is 0 Å². The molecule has 0 bridgehead atoms. The van der Waals surface area contributed by atoms with Crippen molar-refractivity contribution in [2.45, 2.75) is 18.9 Å². The minimum absolute atomic E-state index is 0.0408. The average molecular weight is 329 g/mol. The number of hydrogen-bond donors (Lipinski definition) is 3. The van der Waals surface area contributed by atoms with Crippen molar-refractivity contribution in [2.24, 2.45) is 5.73 Å². The fourth-order valence-electron chi connectivity index (χ4n) is 1.43. The third-order valence-corrected chi connectivity index (χ3v) is 3.09. The van der Waals surface area contributed by atoms with Crippen molar-refractivity contribution in [3.05, 3.63) is 34.3 Å². The Balaban J connectivity index is 2.74. The SMILES string of the molecule is NC(=O)CC[C@@H](NC(=O)c1ccccc1Br)C(=O)O. The number of nitrogens with two attached hydrogens (primary N) is 1. The Labute approximate surface area is 118 Å². The quantitative estimate of drug-likeness (QED) is 0.720. The van der Waals surface area contributed by atoms with Crippen molar-refractivity contribution in [2.75, 3.05) is 0 Å². The number of benzene rings is 1. The summed E-state index contributed by atoms with van der Waals surface area (Å²) in [6, 6.07) is 5.49. The second-order valence-electron chi connectivity index (χ2n) is 3.85. The van der Waals surface area contributed by atoms with Gasteiger partial charge in [0.1, 0.15) is 6.04 Å². The third kappa shape index (κ3) is 4.70. The van der Waals surface area contributed by atoms with Crippen LogP contribution in [0.15, 0.2) is 28.7 Å². The molecular formula is C12H13BrN2O4. The molecule has 0 aromatic heterocycles. The predicted octanol–water partition coefficient (Wildman–Crippen LogP) is 0.898. The smallest absolute Gasteiger partial charge is 0.326 e. The van der Waals surface area contributed by atoms with Gasteiger partial charge < -0.3 is 16.2 Å². The predicted molar refractivity (Wildman–Crippen MR) is 71.5 cm³/mol. The Hall–Kier alpha value is -1.89. The van der Waals surface area contributed by atoms with Crippen LogP contribution >= 0.6 is 15.9 Å². The molecule has 7 heteroatoms. The summed E-state index contributed by atoms with van der Waals surface area (Å²) in [5.41, 5.74) is 5.28. The van der Waals surface area contributed by atoms with Crippen molar-refractivity contribution in [3.63, 3.8) is 0 Å². The first kappa shape index (κ1) is 15.2. The van der Waals surface area contributed by atoms with Crippen LogP contribution in [-0.4, -0.2) is 28.9 Å². The highest BCUT2D eigenvalue weighted by Gasteiger charge is 2.21. The first-order chi connectivity index (χ1) is 8.91. The monoisotopic (exact) mass is 328 g/mol. The fourth-order valence-corrected chi connectivity index (χ4v) is 1.89. The van der Waals surface area contributed by atoms with Crippen molar-refractivity contribution < 1.29 is 19.5 Å². The summed E-state index contributed by atoms with van der Waals surface area (Å²) in [7, 11) is 0. The molecule has 1 rings (SSSR count). The van der Waals surface area contributed by atoms with Gasteiger partial charge >= 0.3 is 5.97 Å². The zero-order valence-corrected chi connectivity index (χ0v) is 11.5. The maximum Gasteiger partial charge on any atom is 0.326 e. The third-order valence-electron chi connectivity index (χ3n) is 2.40. The van der Waals surface area contributed by atoms with E-state index in [0.29, 0.717) is 10.0 Å². The Morgan fingerprint density at radius 1 is 1.32 bits per heavy atom. The van der Waals surface area contributed by atoms with Gasteiger partial charge in [0.15, 0.2) is 0 Å². The molecule has 1 atom stereocenters. The minimum atomic E-state index is -1.21. The van der Waals surface area contributed by atoms with Gasteiger partial charge in [-0.3, -0.25) is 9.59 Å². The number of halogens is 1. The molecule has 4 N–H and O–H groups in total. The molecule has 0 saturated heterocycles. The van der Waals surface area contributed by atoms with Gasteiger partial charge in [0, 0.05) is 10.9 Å². The number of carbonyl (C=O) groups is 3. The highest BCUT2D eigenvalue weighted by molar-refractivity contribution is 9.10. The van der Waals surface area contributed by atoms with Gasteiger partial charge in [0.05, 0.1) is 5.56 Å². The van der Waals surface area contributed by atoms with Crippen LogP contribution in [0.3, 0.4) is 0 Å². The van der Waals surface area contributed by atoms with Gasteiger partial charge in [-0.05, 0) is 34.5 Å². The highest BCUT2D eigenvalue weighted by Crippen LogP contribution is 2.16. The summed E-state index contributed by atoms with van der Waals surface area (Å²) in [6.07, 6.45) is -0.145. The number of carboxylic acids is 1. The van der Waals surface area contributed by atoms with E-state index < -0.39 is 23.8 Å². The second kappa shape index (κ2) is 6.89. The lowest BCUT2D eigenvalue weighted by molar-refractivity contribution is -0.139. The summed E-state index contributed by atoms with van der Waals surface area (Å²) in [6.45, 7) is 0. The minimum Gasteiger partial charge on any atom is -0.480 e. The van der Waals surface area contributed by atoms with Gasteiger partial charge in [-0.15, -0.1) is 0 Å². The lowest BCUT2D eigenvalue weighted by atomic mass is 10.1. The molecule has 0 radical (unpaired) electrons. The lowest BCUT2D eigenvalue weighted by Crippen LogP contribution is -2.41. The molecule has 19 heavy (non-hydrogen) atoms. The Kier molecular flexibility index (Phi) is 5.50. The molecule has 0 aliphatic rings. The number of primary amides is 1. The van der Waals surface area contributed by atoms with E-state index in [1.165, 1.54) is 0 Å². The molecule has 0 saturated carbocycles. The molecule has 2 amide bonds. The lowest BCUT2D eigenvalue weighted by Gasteiger charge is -2.14. The van der Waals surface area contributed by atoms with Crippen LogP contribution in [0.5, 0.6) is 0 Å². The van der Waals surface area contributed by atoms with Gasteiger partial charge in [-0.2, -0.15) is 0 Å². The van der Waals surface area contributed by atoms with Crippen LogP contribution in [0.2, 0.25) is 0 Å². The van der Waals surface area contributed by atoms with Gasteiger partial charge in [-0.1, -0.05) is 12.1 Å². The second-order valence-corrected chi connectivity index (χ2v) is 4.70. The van der Waals surface area contributed by atoms with Crippen molar-refractivity contribution in [1.82, 2.24) is 5.32 Å². The molecular weight excluding hydrogens is 316 g/mol. The van der Waals surface area contributed by atoms with Gasteiger partial charge in [-0.25, -0.2) is 4.79 Å². The zero-order valence-electron chi connectivity index (χ0n) is 9.93. The molecule has 0 unspecified atom stereocenters. The fraction of sp³-hybridized carbons (Fsp3) is 0.250. The maximum atomic E-state index is 11.9. The average Bonchev–Trinajstić information content (AvgIpc) is 2.34. The first-order valence-electron chi connectivity index (χ1n) is 5.48. The van der Waals surface area contributed by atoms with Crippen LogP contribution in [0.4, 0.5) is 0 Å². The van der Waals surface area contributed by atoms with Gasteiger partial charge in [0.2, 0.25) is 5.91 Å². The summed E-state index contributed by atoms with van der Waals surface area (Å²) in [5.74, 6) is -2.34. The number of nitrogens with one attached hydrogen (secondary N) is 1. The summed E-state index contributed by atoms with van der Waals surface area (Å²) >= 11 is 3.20. The summed E-state index contributed by atoms with van der Waals surface area (Å²) in [5, 5.41) is 11.3. The van der Waals surface area contributed by atoms with E-state index in [1.54, 1.807) is 24.3 Å². The molecule has 1 aromatic rings. The maximum absolute atomic E-state index is 11.9. The van der Waals surface area contributed by atoms with E-state index in [2.05, 4.69) is 21.2 Å². The van der Waals surface area contributed by atoms with Crippen molar-refractivity contribution >= 4 is 33.7 Å². The zero-order chi connectivity index (χ0) is 14.4. The first-order valence-corrected chi connectivity index (χ1v) is 6.27. The van der Waals surface area contributed by atoms with Crippen molar-refractivity contribution in [3.8, 4) is 0 Å². The van der Waals surface area contributed by atoms with E-state index >= 15 is 0 Å². The van der Waals surface area contributed by atoms with E-state index in [0.717, 1.165) is 0 Å². The van der Waals surface area contributed by atoms with Gasteiger partial charge in [0.25, 0.3) is 5.91 Å². The Bertz CT molecular complexity index is 504. The van der Waals surface area contributed by atoms with Crippen LogP contribution in [0.25, 0.3) is 0 Å². The number of amides is 2. The molecule has 0 fully saturated rings. The van der Waals surface area contributed by atoms with Crippen LogP contribution < -0.4 is 11.1 Å². The van der Waals surface area contributed by atoms with E-state index in [-0.39, 0.29) is 12.8 Å². The Morgan fingerprint density at radius 2 is 1.95 bits per heavy atom. The van der Waals surface area contributed by atoms with E-state index in [9.17, 15) is 14.4 Å². The summed E-state index contributed by atoms with van der Waals surface area (Å²) < 4.78 is 0.562. The molecule has 1 aromatic carbocycles. The number of aliphatic carboxylic acids is 1. The number of hydrogen-bond acceptors (Lipinski definition) is 3. The van der Waals surface area contributed by atoms with E-state index in [1.807, 2.05) is 0 Å². The largest absolute Gasteiger partial charge is 0.480 e. The molecule has 6 nitrogen and oxygen atoms in total. The molecule has 0 aliphatic heterocycles. The normalized spacial score (nSPS) is 11.6. The molecule has 0 spiro atoms. The number of carboxylic acid groups (broad SMARTS) is 1. The molecule has 102 valence electrons. The summed E-state index contributed by atoms with van der Waals surface area (Å²) in [4.78, 5) is 33.5. The number of rotatable bonds is 6. The number of carbonyl (C=O) groups excluding carboxylic acids is 2. The molecule has 0 heterocycles. The topological polar surface area (TPSA) is 109 Å². The van der Waals surface area contributed by atoms with Crippen molar-refractivity contribution in [1.29, 1.82) is 0 Å². The van der Waals surface area contributed by atoms with Crippen LogP contribution in [-0.2, 0) is 9.59 Å². The van der Waals surface area contributed by atoms with E-state index in [4.69, 9.17) is 10.8 Å². The van der Waals surface area contributed by atoms with Crippen LogP contribution in [0.1, 0.15) is 23.2 Å². The highest BCUT2D eigenvalue weighted by atomic mass is 79.9.